The number of amides is 2. The second kappa shape index (κ2) is 9.04. The van der Waals surface area contributed by atoms with Crippen molar-refractivity contribution in [2.45, 2.75) is 39.6 Å². The Labute approximate surface area is 131 Å². The second-order valence-corrected chi connectivity index (χ2v) is 5.34. The molecule has 122 valence electrons. The van der Waals surface area contributed by atoms with Crippen LogP contribution in [-0.4, -0.2) is 31.4 Å². The van der Waals surface area contributed by atoms with Gasteiger partial charge in [0.25, 0.3) is 0 Å². The third-order valence-electron chi connectivity index (χ3n) is 3.08. The molecule has 0 saturated carbocycles. The molecule has 0 bridgehead atoms. The second-order valence-electron chi connectivity index (χ2n) is 5.34. The molecular formula is C16H24N2O4. The van der Waals surface area contributed by atoms with Gasteiger partial charge in [-0.05, 0) is 18.4 Å². The highest BCUT2D eigenvalue weighted by Gasteiger charge is 2.21. The molecule has 2 amide bonds. The van der Waals surface area contributed by atoms with Gasteiger partial charge in [-0.25, -0.2) is 4.79 Å². The number of methoxy groups -OCH3 is 1. The number of hydrogen-bond donors (Lipinski definition) is 2. The van der Waals surface area contributed by atoms with Crippen LogP contribution in [0.4, 0.5) is 4.79 Å². The van der Waals surface area contributed by atoms with Crippen molar-refractivity contribution >= 4 is 12.0 Å². The molecule has 2 unspecified atom stereocenters. The van der Waals surface area contributed by atoms with Gasteiger partial charge in [-0.15, -0.1) is 0 Å². The minimum atomic E-state index is -0.709. The molecule has 0 aliphatic rings. The van der Waals surface area contributed by atoms with Crippen LogP contribution in [-0.2, 0) is 20.9 Å². The van der Waals surface area contributed by atoms with E-state index in [4.69, 9.17) is 9.47 Å². The lowest BCUT2D eigenvalue weighted by atomic mass is 10.2. The first-order chi connectivity index (χ1) is 10.4. The maximum atomic E-state index is 12.0. The first-order valence-electron chi connectivity index (χ1n) is 7.24. The quantitative estimate of drug-likeness (QED) is 0.756. The number of hydrogen-bond acceptors (Lipinski definition) is 4. The SMILES string of the molecule is COC(NC(=O)C(C)NC(=O)OCc1ccccc1)C(C)C. The predicted molar refractivity (Wildman–Crippen MR) is 83.0 cm³/mol. The van der Waals surface area contributed by atoms with Crippen molar-refractivity contribution < 1.29 is 19.1 Å². The highest BCUT2D eigenvalue weighted by molar-refractivity contribution is 5.85. The Balaban J connectivity index is 2.38. The standard InChI is InChI=1S/C16H24N2O4/c1-11(2)15(21-4)18-14(19)12(3)17-16(20)22-10-13-8-6-5-7-9-13/h5-9,11-12,15H,10H2,1-4H3,(H,17,20)(H,18,19). The fourth-order valence-corrected chi connectivity index (χ4v) is 1.77. The lowest BCUT2D eigenvalue weighted by Gasteiger charge is -2.23. The highest BCUT2D eigenvalue weighted by atomic mass is 16.5. The average Bonchev–Trinajstić information content (AvgIpc) is 2.50. The van der Waals surface area contributed by atoms with E-state index in [1.54, 1.807) is 6.92 Å². The molecule has 2 N–H and O–H groups in total. The molecule has 2 atom stereocenters. The minimum Gasteiger partial charge on any atom is -0.445 e. The van der Waals surface area contributed by atoms with E-state index in [-0.39, 0.29) is 18.4 Å². The van der Waals surface area contributed by atoms with Crippen molar-refractivity contribution in [2.75, 3.05) is 7.11 Å². The molecule has 1 rings (SSSR count). The van der Waals surface area contributed by atoms with E-state index in [0.29, 0.717) is 0 Å². The molecule has 0 aromatic heterocycles. The number of carbonyl (C=O) groups is 2. The van der Waals surface area contributed by atoms with Crippen LogP contribution in [0.1, 0.15) is 26.3 Å². The lowest BCUT2D eigenvalue weighted by molar-refractivity contribution is -0.127. The summed E-state index contributed by atoms with van der Waals surface area (Å²) in [4.78, 5) is 23.6. The normalized spacial score (nSPS) is 13.3. The maximum absolute atomic E-state index is 12.0. The molecule has 6 heteroatoms. The Bertz CT molecular complexity index is 476. The molecular weight excluding hydrogens is 284 g/mol. The predicted octanol–water partition coefficient (Wildman–Crippen LogP) is 2.05. The Morgan fingerprint density at radius 2 is 1.73 bits per heavy atom. The van der Waals surface area contributed by atoms with Crippen molar-refractivity contribution in [2.24, 2.45) is 5.92 Å². The van der Waals surface area contributed by atoms with Crippen molar-refractivity contribution in [3.05, 3.63) is 35.9 Å². The summed E-state index contributed by atoms with van der Waals surface area (Å²) >= 11 is 0. The molecule has 22 heavy (non-hydrogen) atoms. The number of rotatable bonds is 7. The third kappa shape index (κ3) is 6.13. The summed E-state index contributed by atoms with van der Waals surface area (Å²) < 4.78 is 10.2. The Morgan fingerprint density at radius 1 is 1.09 bits per heavy atom. The van der Waals surface area contributed by atoms with E-state index in [0.717, 1.165) is 5.56 Å². The van der Waals surface area contributed by atoms with Gasteiger partial charge in [0.2, 0.25) is 5.91 Å². The van der Waals surface area contributed by atoms with Crippen molar-refractivity contribution in [3.63, 3.8) is 0 Å². The zero-order valence-electron chi connectivity index (χ0n) is 13.5. The Hall–Kier alpha value is -2.08. The van der Waals surface area contributed by atoms with E-state index < -0.39 is 18.4 Å². The van der Waals surface area contributed by atoms with Gasteiger partial charge in [0.15, 0.2) is 0 Å². The summed E-state index contributed by atoms with van der Waals surface area (Å²) in [5, 5.41) is 5.20. The lowest BCUT2D eigenvalue weighted by Crippen LogP contribution is -2.50. The first-order valence-corrected chi connectivity index (χ1v) is 7.24. The Morgan fingerprint density at radius 3 is 2.27 bits per heavy atom. The van der Waals surface area contributed by atoms with Crippen molar-refractivity contribution in [1.82, 2.24) is 10.6 Å². The van der Waals surface area contributed by atoms with Crippen molar-refractivity contribution in [1.29, 1.82) is 0 Å². The van der Waals surface area contributed by atoms with E-state index in [9.17, 15) is 9.59 Å². The van der Waals surface area contributed by atoms with Gasteiger partial charge < -0.3 is 20.1 Å². The Kier molecular flexibility index (Phi) is 7.39. The largest absolute Gasteiger partial charge is 0.445 e. The fourth-order valence-electron chi connectivity index (χ4n) is 1.77. The number of alkyl carbamates (subject to hydrolysis) is 1. The smallest absolute Gasteiger partial charge is 0.408 e. The van der Waals surface area contributed by atoms with Crippen LogP contribution in [0.25, 0.3) is 0 Å². The van der Waals surface area contributed by atoms with Crippen LogP contribution in [0, 0.1) is 5.92 Å². The molecule has 0 fully saturated rings. The van der Waals surface area contributed by atoms with Crippen molar-refractivity contribution in [3.8, 4) is 0 Å². The number of benzene rings is 1. The van der Waals surface area contributed by atoms with Crippen LogP contribution in [0.15, 0.2) is 30.3 Å². The molecule has 0 saturated heterocycles. The van der Waals surface area contributed by atoms with Gasteiger partial charge in [0.05, 0.1) is 0 Å². The molecule has 0 aliphatic carbocycles. The molecule has 0 spiro atoms. The van der Waals surface area contributed by atoms with Gasteiger partial charge in [-0.2, -0.15) is 0 Å². The maximum Gasteiger partial charge on any atom is 0.408 e. The molecule has 6 nitrogen and oxygen atoms in total. The van der Waals surface area contributed by atoms with E-state index in [1.807, 2.05) is 44.2 Å². The van der Waals surface area contributed by atoms with Crippen LogP contribution in [0.2, 0.25) is 0 Å². The number of nitrogens with one attached hydrogen (secondary N) is 2. The molecule has 0 aliphatic heterocycles. The average molecular weight is 308 g/mol. The first kappa shape index (κ1) is 18.0. The fraction of sp³-hybridized carbons (Fsp3) is 0.500. The van der Waals surface area contributed by atoms with Crippen LogP contribution in [0.3, 0.4) is 0 Å². The van der Waals surface area contributed by atoms with Gasteiger partial charge in [-0.3, -0.25) is 4.79 Å². The minimum absolute atomic E-state index is 0.131. The van der Waals surface area contributed by atoms with Gasteiger partial charge >= 0.3 is 6.09 Å². The molecule has 1 aromatic carbocycles. The summed E-state index contributed by atoms with van der Waals surface area (Å²) in [6, 6.07) is 8.62. The third-order valence-corrected chi connectivity index (χ3v) is 3.08. The van der Waals surface area contributed by atoms with E-state index in [2.05, 4.69) is 10.6 Å². The van der Waals surface area contributed by atoms with Gasteiger partial charge in [0.1, 0.15) is 18.9 Å². The summed E-state index contributed by atoms with van der Waals surface area (Å²) in [5.41, 5.74) is 0.883. The van der Waals surface area contributed by atoms with Crippen LogP contribution in [0.5, 0.6) is 0 Å². The van der Waals surface area contributed by atoms with Gasteiger partial charge in [0, 0.05) is 7.11 Å². The summed E-state index contributed by atoms with van der Waals surface area (Å²) in [5.74, 6) is -0.191. The topological polar surface area (TPSA) is 76.7 Å². The summed E-state index contributed by atoms with van der Waals surface area (Å²) in [6.45, 7) is 5.61. The summed E-state index contributed by atoms with van der Waals surface area (Å²) in [6.07, 6.45) is -1.03. The molecule has 1 aromatic rings. The zero-order chi connectivity index (χ0) is 16.5. The van der Waals surface area contributed by atoms with Gasteiger partial charge in [-0.1, -0.05) is 44.2 Å². The summed E-state index contributed by atoms with van der Waals surface area (Å²) in [7, 11) is 1.52. The van der Waals surface area contributed by atoms with E-state index in [1.165, 1.54) is 7.11 Å². The zero-order valence-corrected chi connectivity index (χ0v) is 13.5. The van der Waals surface area contributed by atoms with Crippen LogP contribution < -0.4 is 10.6 Å². The molecule has 0 heterocycles. The number of ether oxygens (including phenoxy) is 2. The van der Waals surface area contributed by atoms with Crippen LogP contribution >= 0.6 is 0 Å². The highest BCUT2D eigenvalue weighted by Crippen LogP contribution is 2.03. The molecule has 0 radical (unpaired) electrons. The number of carbonyl (C=O) groups excluding carboxylic acids is 2. The monoisotopic (exact) mass is 308 g/mol. The van der Waals surface area contributed by atoms with E-state index >= 15 is 0 Å².